The van der Waals surface area contributed by atoms with Gasteiger partial charge in [0.2, 0.25) is 0 Å². The predicted octanol–water partition coefficient (Wildman–Crippen LogP) is 2.03. The van der Waals surface area contributed by atoms with Crippen molar-refractivity contribution in [1.82, 2.24) is 5.32 Å². The zero-order valence-electron chi connectivity index (χ0n) is 9.09. The molecule has 88 valence electrons. The van der Waals surface area contributed by atoms with Crippen LogP contribution in [-0.4, -0.2) is 26.5 Å². The molecule has 1 rings (SSSR count). The van der Waals surface area contributed by atoms with E-state index in [2.05, 4.69) is 5.32 Å². The number of methoxy groups -OCH3 is 1. The van der Waals surface area contributed by atoms with Gasteiger partial charge in [-0.3, -0.25) is 4.79 Å². The van der Waals surface area contributed by atoms with Gasteiger partial charge in [-0.1, -0.05) is 12.1 Å². The van der Waals surface area contributed by atoms with E-state index in [-0.39, 0.29) is 29.2 Å². The van der Waals surface area contributed by atoms with E-state index in [9.17, 15) is 13.6 Å². The fourth-order valence-corrected chi connectivity index (χ4v) is 1.45. The number of Topliss-reactive ketones (excluding diaryl/α,β-unsaturated/α-hetero) is 1. The van der Waals surface area contributed by atoms with Gasteiger partial charge in [-0.15, -0.1) is 0 Å². The van der Waals surface area contributed by atoms with Gasteiger partial charge in [0.25, 0.3) is 6.43 Å². The van der Waals surface area contributed by atoms with Crippen molar-refractivity contribution < 1.29 is 18.3 Å². The molecule has 0 spiro atoms. The maximum absolute atomic E-state index is 12.8. The summed E-state index contributed by atoms with van der Waals surface area (Å²) in [6.07, 6.45) is -2.73. The predicted molar refractivity (Wildman–Crippen MR) is 56.2 cm³/mol. The Morgan fingerprint density at radius 3 is 2.69 bits per heavy atom. The fraction of sp³-hybridized carbons (Fsp3) is 0.364. The second-order valence-electron chi connectivity index (χ2n) is 3.18. The van der Waals surface area contributed by atoms with E-state index in [1.165, 1.54) is 25.3 Å². The molecule has 0 atom stereocenters. The van der Waals surface area contributed by atoms with Crippen LogP contribution in [0.1, 0.15) is 22.3 Å². The molecule has 1 N–H and O–H groups in total. The number of benzene rings is 1. The van der Waals surface area contributed by atoms with Crippen molar-refractivity contribution in [2.75, 3.05) is 20.7 Å². The summed E-state index contributed by atoms with van der Waals surface area (Å²) in [6.45, 7) is 0.0207. The zero-order chi connectivity index (χ0) is 12.1. The number of ketones is 1. The normalized spacial score (nSPS) is 10.6. The van der Waals surface area contributed by atoms with Crippen LogP contribution in [0.2, 0.25) is 0 Å². The summed E-state index contributed by atoms with van der Waals surface area (Å²) in [4.78, 5) is 11.6. The Hall–Kier alpha value is -1.49. The molecule has 0 aliphatic carbocycles. The van der Waals surface area contributed by atoms with Gasteiger partial charge in [0, 0.05) is 5.56 Å². The van der Waals surface area contributed by atoms with Crippen LogP contribution in [-0.2, 0) is 0 Å². The van der Waals surface area contributed by atoms with E-state index in [0.717, 1.165) is 0 Å². The van der Waals surface area contributed by atoms with Crippen LogP contribution < -0.4 is 10.1 Å². The minimum atomic E-state index is -2.73. The Morgan fingerprint density at radius 2 is 2.19 bits per heavy atom. The Morgan fingerprint density at radius 1 is 1.50 bits per heavy atom. The van der Waals surface area contributed by atoms with Crippen LogP contribution in [0.25, 0.3) is 0 Å². The summed E-state index contributed by atoms with van der Waals surface area (Å²) < 4.78 is 30.5. The van der Waals surface area contributed by atoms with Crippen LogP contribution in [0.15, 0.2) is 18.2 Å². The van der Waals surface area contributed by atoms with Gasteiger partial charge in [-0.25, -0.2) is 8.78 Å². The fourth-order valence-electron chi connectivity index (χ4n) is 1.45. The highest BCUT2D eigenvalue weighted by Gasteiger charge is 2.22. The van der Waals surface area contributed by atoms with Crippen molar-refractivity contribution in [2.24, 2.45) is 0 Å². The van der Waals surface area contributed by atoms with Crippen molar-refractivity contribution in [1.29, 1.82) is 0 Å². The van der Waals surface area contributed by atoms with Crippen molar-refractivity contribution >= 4 is 5.78 Å². The summed E-state index contributed by atoms with van der Waals surface area (Å²) in [5, 5.41) is 2.63. The zero-order valence-corrected chi connectivity index (χ0v) is 9.09. The third-order valence-electron chi connectivity index (χ3n) is 2.14. The summed E-state index contributed by atoms with van der Waals surface area (Å²) in [5.74, 6) is -0.339. The molecule has 0 fully saturated rings. The first-order valence-corrected chi connectivity index (χ1v) is 4.74. The maximum Gasteiger partial charge on any atom is 0.268 e. The molecule has 3 nitrogen and oxygen atoms in total. The monoisotopic (exact) mass is 229 g/mol. The van der Waals surface area contributed by atoms with Crippen molar-refractivity contribution in [3.63, 3.8) is 0 Å². The van der Waals surface area contributed by atoms with E-state index in [1.807, 2.05) is 0 Å². The van der Waals surface area contributed by atoms with Crippen molar-refractivity contribution in [2.45, 2.75) is 6.43 Å². The highest BCUT2D eigenvalue weighted by atomic mass is 19.3. The standard InChI is InChI=1S/C11H13F2NO2/c1-14-6-8(15)7-4-3-5-9(16-2)10(7)11(12)13/h3-5,11,14H,6H2,1-2H3. The minimum absolute atomic E-state index is 0.00343. The quantitative estimate of drug-likeness (QED) is 0.785. The number of alkyl halides is 2. The topological polar surface area (TPSA) is 38.3 Å². The number of carbonyl (C=O) groups is 1. The molecule has 0 aliphatic heterocycles. The molecule has 0 aromatic heterocycles. The highest BCUT2D eigenvalue weighted by Crippen LogP contribution is 2.32. The number of ether oxygens (including phenoxy) is 1. The summed E-state index contributed by atoms with van der Waals surface area (Å²) in [5.41, 5.74) is -0.339. The van der Waals surface area contributed by atoms with Gasteiger partial charge in [-0.05, 0) is 13.1 Å². The Kier molecular flexibility index (Phi) is 4.37. The number of nitrogens with one attached hydrogen (secondary N) is 1. The Labute approximate surface area is 92.4 Å². The molecule has 0 saturated carbocycles. The van der Waals surface area contributed by atoms with Gasteiger partial charge in [0.1, 0.15) is 5.75 Å². The molecule has 0 amide bonds. The maximum atomic E-state index is 12.8. The number of carbonyl (C=O) groups excluding carboxylic acids is 1. The Balaban J connectivity index is 3.22. The molecular weight excluding hydrogens is 216 g/mol. The van der Waals surface area contributed by atoms with Crippen LogP contribution in [0.5, 0.6) is 5.75 Å². The van der Waals surface area contributed by atoms with E-state index in [1.54, 1.807) is 7.05 Å². The van der Waals surface area contributed by atoms with Crippen LogP contribution >= 0.6 is 0 Å². The first kappa shape index (κ1) is 12.6. The summed E-state index contributed by atoms with van der Waals surface area (Å²) in [7, 11) is 2.88. The third kappa shape index (κ3) is 2.55. The lowest BCUT2D eigenvalue weighted by Gasteiger charge is -2.12. The van der Waals surface area contributed by atoms with E-state index < -0.39 is 6.43 Å². The van der Waals surface area contributed by atoms with Gasteiger partial charge in [0.15, 0.2) is 5.78 Å². The number of halogens is 2. The molecule has 0 bridgehead atoms. The number of rotatable bonds is 5. The van der Waals surface area contributed by atoms with E-state index in [4.69, 9.17) is 4.74 Å². The largest absolute Gasteiger partial charge is 0.496 e. The minimum Gasteiger partial charge on any atom is -0.496 e. The number of hydrogen-bond acceptors (Lipinski definition) is 3. The van der Waals surface area contributed by atoms with Crippen LogP contribution in [0.4, 0.5) is 8.78 Å². The average Bonchev–Trinajstić information content (AvgIpc) is 2.28. The second-order valence-corrected chi connectivity index (χ2v) is 3.18. The highest BCUT2D eigenvalue weighted by molar-refractivity contribution is 5.99. The SMILES string of the molecule is CNCC(=O)c1cccc(OC)c1C(F)F. The van der Waals surface area contributed by atoms with Gasteiger partial charge < -0.3 is 10.1 Å². The molecule has 0 unspecified atom stereocenters. The van der Waals surface area contributed by atoms with Crippen LogP contribution in [0, 0.1) is 0 Å². The number of hydrogen-bond donors (Lipinski definition) is 1. The smallest absolute Gasteiger partial charge is 0.268 e. The molecule has 0 saturated heterocycles. The van der Waals surface area contributed by atoms with Crippen molar-refractivity contribution in [3.8, 4) is 5.75 Å². The summed E-state index contributed by atoms with van der Waals surface area (Å²) in [6, 6.07) is 4.31. The average molecular weight is 229 g/mol. The molecule has 16 heavy (non-hydrogen) atoms. The molecular formula is C11H13F2NO2. The summed E-state index contributed by atoms with van der Waals surface area (Å²) >= 11 is 0. The second kappa shape index (κ2) is 5.55. The molecule has 0 aliphatic rings. The molecule has 1 aromatic rings. The lowest BCUT2D eigenvalue weighted by Crippen LogP contribution is -2.20. The molecule has 0 heterocycles. The first-order valence-electron chi connectivity index (χ1n) is 4.74. The lowest BCUT2D eigenvalue weighted by molar-refractivity contribution is 0.0977. The molecule has 5 heteroatoms. The lowest BCUT2D eigenvalue weighted by atomic mass is 10.0. The van der Waals surface area contributed by atoms with Gasteiger partial charge in [-0.2, -0.15) is 0 Å². The van der Waals surface area contributed by atoms with Crippen LogP contribution in [0.3, 0.4) is 0 Å². The van der Waals surface area contributed by atoms with E-state index in [0.29, 0.717) is 0 Å². The first-order chi connectivity index (χ1) is 7.61. The van der Waals surface area contributed by atoms with Crippen molar-refractivity contribution in [3.05, 3.63) is 29.3 Å². The van der Waals surface area contributed by atoms with Gasteiger partial charge >= 0.3 is 0 Å². The van der Waals surface area contributed by atoms with Gasteiger partial charge in [0.05, 0.1) is 19.2 Å². The van der Waals surface area contributed by atoms with E-state index >= 15 is 0 Å². The number of likely N-dealkylation sites (N-methyl/N-ethyl adjacent to an activating group) is 1. The Bertz CT molecular complexity index is 380. The molecule has 0 radical (unpaired) electrons. The third-order valence-corrected chi connectivity index (χ3v) is 2.14. The molecule has 1 aromatic carbocycles.